The van der Waals surface area contributed by atoms with Crippen LogP contribution in [0.2, 0.25) is 0 Å². The Labute approximate surface area is 98.4 Å². The summed E-state index contributed by atoms with van der Waals surface area (Å²) in [5.41, 5.74) is 0.399. The maximum atomic E-state index is 11.4. The highest BCUT2D eigenvalue weighted by molar-refractivity contribution is 7.91. The Bertz CT molecular complexity index is 549. The molecule has 1 N–H and O–H groups in total. The number of carboxylic acids is 1. The summed E-state index contributed by atoms with van der Waals surface area (Å²) < 4.78 is 24.2. The SMILES string of the molecule is CCc1c(C(=O)O)nnn1C1CCS(=O)(=O)C1. The van der Waals surface area contributed by atoms with E-state index in [0.717, 1.165) is 0 Å². The minimum absolute atomic E-state index is 0.0163. The van der Waals surface area contributed by atoms with Crippen LogP contribution in [0.25, 0.3) is 0 Å². The average Bonchev–Trinajstić information content (AvgIpc) is 2.80. The standard InChI is InChI=1S/C9H13N3O4S/c1-2-7-8(9(13)14)10-11-12(7)6-3-4-17(15,16)5-6/h6H,2-5H2,1H3,(H,13,14). The Morgan fingerprint density at radius 2 is 2.29 bits per heavy atom. The number of nitrogens with zero attached hydrogens (tertiary/aromatic N) is 3. The van der Waals surface area contributed by atoms with Crippen LogP contribution in [0.3, 0.4) is 0 Å². The molecule has 2 rings (SSSR count). The maximum Gasteiger partial charge on any atom is 0.358 e. The minimum Gasteiger partial charge on any atom is -0.476 e. The molecule has 0 saturated carbocycles. The van der Waals surface area contributed by atoms with E-state index in [4.69, 9.17) is 5.11 Å². The molecule has 8 heteroatoms. The number of sulfone groups is 1. The fourth-order valence-corrected chi connectivity index (χ4v) is 3.76. The number of aromatic carboxylic acids is 1. The van der Waals surface area contributed by atoms with Crippen LogP contribution in [0, 0.1) is 0 Å². The van der Waals surface area contributed by atoms with E-state index in [1.165, 1.54) is 4.68 Å². The van der Waals surface area contributed by atoms with Crippen molar-refractivity contribution in [2.45, 2.75) is 25.8 Å². The van der Waals surface area contributed by atoms with Gasteiger partial charge in [0.25, 0.3) is 0 Å². The first-order valence-electron chi connectivity index (χ1n) is 5.32. The summed E-state index contributed by atoms with van der Waals surface area (Å²) in [5, 5.41) is 16.3. The summed E-state index contributed by atoms with van der Waals surface area (Å²) in [5.74, 6) is -0.986. The molecule has 1 aliphatic rings. The monoisotopic (exact) mass is 259 g/mol. The van der Waals surface area contributed by atoms with E-state index < -0.39 is 15.8 Å². The third-order valence-electron chi connectivity index (χ3n) is 2.88. The first-order chi connectivity index (χ1) is 7.94. The van der Waals surface area contributed by atoms with Crippen LogP contribution >= 0.6 is 0 Å². The van der Waals surface area contributed by atoms with Gasteiger partial charge in [0.2, 0.25) is 0 Å². The van der Waals surface area contributed by atoms with Crippen molar-refractivity contribution in [2.75, 3.05) is 11.5 Å². The maximum absolute atomic E-state index is 11.4. The van der Waals surface area contributed by atoms with Crippen molar-refractivity contribution in [3.8, 4) is 0 Å². The van der Waals surface area contributed by atoms with Crippen LogP contribution in [-0.2, 0) is 16.3 Å². The van der Waals surface area contributed by atoms with Crippen molar-refractivity contribution in [3.63, 3.8) is 0 Å². The number of aromatic nitrogens is 3. The Morgan fingerprint density at radius 1 is 1.59 bits per heavy atom. The van der Waals surface area contributed by atoms with Crippen molar-refractivity contribution in [1.82, 2.24) is 15.0 Å². The van der Waals surface area contributed by atoms with E-state index in [1.54, 1.807) is 6.92 Å². The van der Waals surface area contributed by atoms with Crippen LogP contribution in [0.15, 0.2) is 0 Å². The zero-order valence-corrected chi connectivity index (χ0v) is 10.1. The van der Waals surface area contributed by atoms with Crippen molar-refractivity contribution in [2.24, 2.45) is 0 Å². The molecule has 0 spiro atoms. The molecule has 94 valence electrons. The molecule has 1 aromatic heterocycles. The van der Waals surface area contributed by atoms with Gasteiger partial charge in [-0.1, -0.05) is 12.1 Å². The van der Waals surface area contributed by atoms with E-state index in [9.17, 15) is 13.2 Å². The summed E-state index contributed by atoms with van der Waals surface area (Å²) in [7, 11) is -3.02. The zero-order valence-electron chi connectivity index (χ0n) is 9.33. The van der Waals surface area contributed by atoms with Crippen LogP contribution in [-0.4, -0.2) is 46.0 Å². The first-order valence-corrected chi connectivity index (χ1v) is 7.14. The quantitative estimate of drug-likeness (QED) is 0.813. The fourth-order valence-electron chi connectivity index (χ4n) is 2.07. The van der Waals surface area contributed by atoms with Gasteiger partial charge in [0.15, 0.2) is 15.5 Å². The van der Waals surface area contributed by atoms with E-state index in [2.05, 4.69) is 10.3 Å². The van der Waals surface area contributed by atoms with E-state index >= 15 is 0 Å². The van der Waals surface area contributed by atoms with Gasteiger partial charge in [-0.2, -0.15) is 0 Å². The van der Waals surface area contributed by atoms with Gasteiger partial charge < -0.3 is 5.11 Å². The Morgan fingerprint density at radius 3 is 2.76 bits per heavy atom. The first kappa shape index (κ1) is 12.0. The van der Waals surface area contributed by atoms with Gasteiger partial charge in [-0.05, 0) is 12.8 Å². The second kappa shape index (κ2) is 4.10. The molecule has 0 aliphatic carbocycles. The third kappa shape index (κ3) is 2.17. The lowest BCUT2D eigenvalue weighted by Crippen LogP contribution is -2.16. The number of rotatable bonds is 3. The molecular formula is C9H13N3O4S. The Balaban J connectivity index is 2.37. The second-order valence-electron chi connectivity index (χ2n) is 4.04. The van der Waals surface area contributed by atoms with Crippen molar-refractivity contribution >= 4 is 15.8 Å². The minimum atomic E-state index is -3.02. The van der Waals surface area contributed by atoms with Gasteiger partial charge in [-0.3, -0.25) is 0 Å². The van der Waals surface area contributed by atoms with Crippen LogP contribution in [0.4, 0.5) is 0 Å². The highest BCUT2D eigenvalue weighted by Gasteiger charge is 2.32. The molecule has 0 aromatic carbocycles. The summed E-state index contributed by atoms with van der Waals surface area (Å²) in [6.45, 7) is 1.80. The molecular weight excluding hydrogens is 246 g/mol. The van der Waals surface area contributed by atoms with Crippen molar-refractivity contribution < 1.29 is 18.3 Å². The largest absolute Gasteiger partial charge is 0.476 e. The van der Waals surface area contributed by atoms with Gasteiger partial charge in [-0.15, -0.1) is 5.10 Å². The second-order valence-corrected chi connectivity index (χ2v) is 6.27. The molecule has 1 aromatic rings. The highest BCUT2D eigenvalue weighted by atomic mass is 32.2. The molecule has 0 radical (unpaired) electrons. The van der Waals surface area contributed by atoms with Crippen LogP contribution in [0.1, 0.15) is 35.6 Å². The molecule has 0 amide bonds. The van der Waals surface area contributed by atoms with Crippen LogP contribution < -0.4 is 0 Å². The number of hydrogen-bond acceptors (Lipinski definition) is 5. The van der Waals surface area contributed by atoms with Gasteiger partial charge >= 0.3 is 5.97 Å². The predicted octanol–water partition coefficient (Wildman–Crippen LogP) is -0.102. The third-order valence-corrected chi connectivity index (χ3v) is 4.63. The fraction of sp³-hybridized carbons (Fsp3) is 0.667. The van der Waals surface area contributed by atoms with Gasteiger partial charge in [-0.25, -0.2) is 17.9 Å². The Hall–Kier alpha value is -1.44. The van der Waals surface area contributed by atoms with E-state index in [0.29, 0.717) is 18.5 Å². The smallest absolute Gasteiger partial charge is 0.358 e. The number of carboxylic acid groups (broad SMARTS) is 1. The summed E-state index contributed by atoms with van der Waals surface area (Å²) >= 11 is 0. The molecule has 1 saturated heterocycles. The molecule has 1 unspecified atom stereocenters. The van der Waals surface area contributed by atoms with Crippen molar-refractivity contribution in [1.29, 1.82) is 0 Å². The normalized spacial score (nSPS) is 22.8. The molecule has 1 fully saturated rings. The topological polar surface area (TPSA) is 102 Å². The zero-order chi connectivity index (χ0) is 12.6. The van der Waals surface area contributed by atoms with Crippen molar-refractivity contribution in [3.05, 3.63) is 11.4 Å². The summed E-state index contributed by atoms with van der Waals surface area (Å²) in [6.07, 6.45) is 0.933. The van der Waals surface area contributed by atoms with Gasteiger partial charge in [0.05, 0.1) is 23.2 Å². The van der Waals surface area contributed by atoms with Crippen LogP contribution in [0.5, 0.6) is 0 Å². The lowest BCUT2D eigenvalue weighted by atomic mass is 10.2. The van der Waals surface area contributed by atoms with E-state index in [1.807, 2.05) is 0 Å². The molecule has 1 atom stereocenters. The van der Waals surface area contributed by atoms with Gasteiger partial charge in [0.1, 0.15) is 0 Å². The average molecular weight is 259 g/mol. The van der Waals surface area contributed by atoms with Gasteiger partial charge in [0, 0.05) is 0 Å². The van der Waals surface area contributed by atoms with E-state index in [-0.39, 0.29) is 23.2 Å². The highest BCUT2D eigenvalue weighted by Crippen LogP contribution is 2.25. The predicted molar refractivity (Wildman–Crippen MR) is 58.7 cm³/mol. The lowest BCUT2D eigenvalue weighted by molar-refractivity contribution is 0.0689. The summed E-state index contributed by atoms with van der Waals surface area (Å²) in [4.78, 5) is 10.9. The molecule has 2 heterocycles. The Kier molecular flexibility index (Phi) is 2.90. The molecule has 7 nitrogen and oxygen atoms in total. The lowest BCUT2D eigenvalue weighted by Gasteiger charge is -2.10. The number of hydrogen-bond donors (Lipinski definition) is 1. The molecule has 0 bridgehead atoms. The summed E-state index contributed by atoms with van der Waals surface area (Å²) in [6, 6.07) is -0.282. The number of carbonyl (C=O) groups is 1. The molecule has 17 heavy (non-hydrogen) atoms. The molecule has 1 aliphatic heterocycles.